The fourth-order valence-electron chi connectivity index (χ4n) is 3.54. The van der Waals surface area contributed by atoms with Crippen molar-refractivity contribution in [2.75, 3.05) is 24.5 Å². The van der Waals surface area contributed by atoms with Gasteiger partial charge in [-0.1, -0.05) is 29.8 Å². The van der Waals surface area contributed by atoms with Gasteiger partial charge in [0.2, 0.25) is 5.91 Å². The average Bonchev–Trinajstić information content (AvgIpc) is 3.16. The molecule has 0 bridgehead atoms. The molecule has 156 valence electrons. The van der Waals surface area contributed by atoms with E-state index in [1.807, 2.05) is 36.1 Å². The van der Waals surface area contributed by atoms with Crippen LogP contribution in [-0.4, -0.2) is 53.6 Å². The third kappa shape index (κ3) is 3.97. The lowest BCUT2D eigenvalue weighted by Crippen LogP contribution is -2.68. The Hall–Kier alpha value is -3.46. The van der Waals surface area contributed by atoms with Gasteiger partial charge in [-0.3, -0.25) is 24.3 Å². The summed E-state index contributed by atoms with van der Waals surface area (Å²) in [4.78, 5) is 40.6. The van der Waals surface area contributed by atoms with E-state index in [4.69, 9.17) is 0 Å². The van der Waals surface area contributed by atoms with Crippen LogP contribution in [0.4, 0.5) is 10.1 Å². The lowest BCUT2D eigenvalue weighted by atomic mass is 10.1. The van der Waals surface area contributed by atoms with Crippen molar-refractivity contribution in [1.29, 1.82) is 0 Å². The van der Waals surface area contributed by atoms with Crippen molar-refractivity contribution in [1.82, 2.24) is 20.7 Å². The molecule has 1 unspecified atom stereocenters. The fraction of sp³-hybridized carbons (Fsp3) is 0.286. The van der Waals surface area contributed by atoms with Gasteiger partial charge in [0, 0.05) is 25.3 Å². The Morgan fingerprint density at radius 1 is 1.03 bits per heavy atom. The number of aryl methyl sites for hydroxylation is 1. The van der Waals surface area contributed by atoms with Gasteiger partial charge in [0.05, 0.1) is 0 Å². The Labute approximate surface area is 173 Å². The summed E-state index contributed by atoms with van der Waals surface area (Å²) in [5.74, 6) is -2.19. The second-order valence-corrected chi connectivity index (χ2v) is 7.32. The molecule has 0 radical (unpaired) electrons. The molecule has 8 nitrogen and oxygen atoms in total. The van der Waals surface area contributed by atoms with Gasteiger partial charge >= 0.3 is 11.8 Å². The number of anilines is 1. The fourth-order valence-corrected chi connectivity index (χ4v) is 3.54. The van der Waals surface area contributed by atoms with Gasteiger partial charge in [0.1, 0.15) is 12.4 Å². The van der Waals surface area contributed by atoms with Crippen molar-refractivity contribution in [2.45, 2.75) is 19.8 Å². The molecule has 1 atom stereocenters. The van der Waals surface area contributed by atoms with Crippen LogP contribution in [0.3, 0.4) is 0 Å². The highest BCUT2D eigenvalue weighted by atomic mass is 19.1. The molecular formula is C21H22FN5O3. The number of carbonyl (C=O) groups is 3. The molecule has 0 spiro atoms. The summed E-state index contributed by atoms with van der Waals surface area (Å²) >= 11 is 0. The zero-order valence-corrected chi connectivity index (χ0v) is 16.5. The Morgan fingerprint density at radius 3 is 2.40 bits per heavy atom. The number of fused-ring (bicyclic) bond motifs is 1. The van der Waals surface area contributed by atoms with Crippen LogP contribution in [-0.2, 0) is 20.9 Å². The molecule has 0 aromatic heterocycles. The van der Waals surface area contributed by atoms with Gasteiger partial charge in [-0.25, -0.2) is 4.39 Å². The molecule has 2 saturated heterocycles. The van der Waals surface area contributed by atoms with E-state index < -0.39 is 18.1 Å². The predicted molar refractivity (Wildman–Crippen MR) is 107 cm³/mol. The summed E-state index contributed by atoms with van der Waals surface area (Å²) in [5.41, 5.74) is 5.73. The Kier molecular flexibility index (Phi) is 5.37. The zero-order chi connectivity index (χ0) is 21.3. The first-order valence-corrected chi connectivity index (χ1v) is 9.65. The molecule has 30 heavy (non-hydrogen) atoms. The lowest BCUT2D eigenvalue weighted by molar-refractivity contribution is -0.163. The van der Waals surface area contributed by atoms with Crippen LogP contribution < -0.4 is 15.6 Å². The summed E-state index contributed by atoms with van der Waals surface area (Å²) in [6.45, 7) is 2.85. The molecule has 0 aliphatic carbocycles. The molecule has 3 amide bonds. The highest BCUT2D eigenvalue weighted by Crippen LogP contribution is 2.25. The largest absolute Gasteiger partial charge is 0.350 e. The van der Waals surface area contributed by atoms with E-state index in [1.165, 1.54) is 17.0 Å². The SMILES string of the molecule is Cc1ccc(CNC(=O)CN2NC3N(CCN3c3ccc(F)cc3)C(=O)C2=O)cc1. The zero-order valence-electron chi connectivity index (χ0n) is 16.5. The average molecular weight is 411 g/mol. The van der Waals surface area contributed by atoms with Crippen molar-refractivity contribution in [3.05, 3.63) is 65.5 Å². The molecular weight excluding hydrogens is 389 g/mol. The van der Waals surface area contributed by atoms with Crippen molar-refractivity contribution >= 4 is 23.4 Å². The molecule has 4 rings (SSSR count). The van der Waals surface area contributed by atoms with Gasteiger partial charge in [-0.2, -0.15) is 5.43 Å². The van der Waals surface area contributed by atoms with E-state index in [-0.39, 0.29) is 18.3 Å². The predicted octanol–water partition coefficient (Wildman–Crippen LogP) is 0.730. The summed E-state index contributed by atoms with van der Waals surface area (Å²) in [6, 6.07) is 13.6. The lowest BCUT2D eigenvalue weighted by Gasteiger charge is -2.40. The Bertz CT molecular complexity index is 964. The van der Waals surface area contributed by atoms with E-state index >= 15 is 0 Å². The topological polar surface area (TPSA) is 85.0 Å². The van der Waals surface area contributed by atoms with E-state index in [9.17, 15) is 18.8 Å². The number of hydrazine groups is 1. The maximum atomic E-state index is 13.2. The number of nitrogens with one attached hydrogen (secondary N) is 2. The van der Waals surface area contributed by atoms with Gasteiger partial charge < -0.3 is 10.2 Å². The Morgan fingerprint density at radius 2 is 1.70 bits per heavy atom. The molecule has 0 saturated carbocycles. The van der Waals surface area contributed by atoms with Crippen LogP contribution in [0, 0.1) is 12.7 Å². The van der Waals surface area contributed by atoms with Gasteiger partial charge in [-0.15, -0.1) is 0 Å². The van der Waals surface area contributed by atoms with Gasteiger partial charge in [0.25, 0.3) is 0 Å². The van der Waals surface area contributed by atoms with E-state index in [0.29, 0.717) is 25.3 Å². The molecule has 2 fully saturated rings. The Balaban J connectivity index is 1.41. The smallest absolute Gasteiger partial charge is 0.326 e. The minimum atomic E-state index is -0.780. The first-order chi connectivity index (χ1) is 14.4. The van der Waals surface area contributed by atoms with Crippen molar-refractivity contribution < 1.29 is 18.8 Å². The second kappa shape index (κ2) is 8.11. The summed E-state index contributed by atoms with van der Waals surface area (Å²) < 4.78 is 13.2. The van der Waals surface area contributed by atoms with Crippen molar-refractivity contribution in [2.24, 2.45) is 0 Å². The van der Waals surface area contributed by atoms with E-state index in [0.717, 1.165) is 16.1 Å². The summed E-state index contributed by atoms with van der Waals surface area (Å²) in [5, 5.41) is 3.79. The number of rotatable bonds is 5. The molecule has 2 heterocycles. The highest BCUT2D eigenvalue weighted by Gasteiger charge is 2.45. The number of halogens is 1. The first-order valence-electron chi connectivity index (χ1n) is 9.65. The van der Waals surface area contributed by atoms with Crippen LogP contribution in [0.5, 0.6) is 0 Å². The normalized spacial score (nSPS) is 18.6. The van der Waals surface area contributed by atoms with Crippen molar-refractivity contribution in [3.8, 4) is 0 Å². The summed E-state index contributed by atoms with van der Waals surface area (Å²) in [6.07, 6.45) is -0.620. The maximum Gasteiger partial charge on any atom is 0.326 e. The standard InChI is InChI=1S/C21H22FN5O3/c1-14-2-4-15(5-3-14)12-23-18(28)13-27-20(30)19(29)26-11-10-25(21(26)24-27)17-8-6-16(22)7-9-17/h2-9,21,24H,10-13H2,1H3,(H,23,28). The number of carbonyl (C=O) groups excluding carboxylic acids is 3. The monoisotopic (exact) mass is 411 g/mol. The third-order valence-electron chi connectivity index (χ3n) is 5.20. The molecule has 9 heteroatoms. The number of benzene rings is 2. The second-order valence-electron chi connectivity index (χ2n) is 7.32. The van der Waals surface area contributed by atoms with Gasteiger partial charge in [-0.05, 0) is 36.8 Å². The first kappa shape index (κ1) is 19.8. The molecule has 2 N–H and O–H groups in total. The number of nitrogens with zero attached hydrogens (tertiary/aromatic N) is 3. The van der Waals surface area contributed by atoms with Crippen LogP contribution >= 0.6 is 0 Å². The van der Waals surface area contributed by atoms with Crippen LogP contribution in [0.2, 0.25) is 0 Å². The van der Waals surface area contributed by atoms with E-state index in [1.54, 1.807) is 12.1 Å². The van der Waals surface area contributed by atoms with Crippen LogP contribution in [0.15, 0.2) is 48.5 Å². The maximum absolute atomic E-state index is 13.2. The minimum Gasteiger partial charge on any atom is -0.350 e. The van der Waals surface area contributed by atoms with Crippen LogP contribution in [0.1, 0.15) is 11.1 Å². The minimum absolute atomic E-state index is 0.294. The quantitative estimate of drug-likeness (QED) is 0.709. The van der Waals surface area contributed by atoms with E-state index in [2.05, 4.69) is 10.7 Å². The molecule has 2 aliphatic heterocycles. The molecule has 2 aromatic rings. The summed E-state index contributed by atoms with van der Waals surface area (Å²) in [7, 11) is 0. The highest BCUT2D eigenvalue weighted by molar-refractivity contribution is 6.35. The molecule has 2 aliphatic rings. The third-order valence-corrected chi connectivity index (χ3v) is 5.20. The molecule has 2 aromatic carbocycles. The number of amides is 3. The van der Waals surface area contributed by atoms with Crippen molar-refractivity contribution in [3.63, 3.8) is 0 Å². The van der Waals surface area contributed by atoms with Gasteiger partial charge in [0.15, 0.2) is 6.29 Å². The number of hydrogen-bond donors (Lipinski definition) is 2. The number of hydrogen-bond acceptors (Lipinski definition) is 5. The van der Waals surface area contributed by atoms with Crippen LogP contribution in [0.25, 0.3) is 0 Å².